The lowest BCUT2D eigenvalue weighted by Gasteiger charge is -2.09. The third kappa shape index (κ3) is 3.58. The molecule has 1 fully saturated rings. The van der Waals surface area contributed by atoms with Gasteiger partial charge in [0, 0.05) is 5.69 Å². The van der Waals surface area contributed by atoms with Crippen molar-refractivity contribution < 1.29 is 19.4 Å². The molecule has 5 nitrogen and oxygen atoms in total. The molecular formula is C14H15NO4. The number of ether oxygens (including phenoxy) is 1. The highest BCUT2D eigenvalue weighted by Crippen LogP contribution is 2.41. The van der Waals surface area contributed by atoms with Crippen LogP contribution in [0.3, 0.4) is 0 Å². The minimum absolute atomic E-state index is 0.111. The van der Waals surface area contributed by atoms with Crippen LogP contribution in [0, 0.1) is 0 Å². The van der Waals surface area contributed by atoms with E-state index in [2.05, 4.69) is 11.9 Å². The van der Waals surface area contributed by atoms with Crippen LogP contribution < -0.4 is 5.32 Å². The van der Waals surface area contributed by atoms with Gasteiger partial charge in [-0.05, 0) is 42.5 Å². The highest BCUT2D eigenvalue weighted by molar-refractivity contribution is 5.92. The Balaban J connectivity index is 2.16. The molecule has 1 aliphatic rings. The summed E-state index contributed by atoms with van der Waals surface area (Å²) in [6.45, 7) is 3.55. The van der Waals surface area contributed by atoms with Gasteiger partial charge in [-0.1, -0.05) is 12.7 Å². The second-order valence-electron chi connectivity index (χ2n) is 4.44. The van der Waals surface area contributed by atoms with Crippen molar-refractivity contribution in [3.63, 3.8) is 0 Å². The Morgan fingerprint density at radius 2 is 2.16 bits per heavy atom. The van der Waals surface area contributed by atoms with Crippen molar-refractivity contribution in [1.82, 2.24) is 0 Å². The molecule has 1 aromatic carbocycles. The summed E-state index contributed by atoms with van der Waals surface area (Å²) in [5.41, 5.74) is 1.55. The first-order chi connectivity index (χ1) is 9.10. The number of rotatable bonds is 5. The predicted molar refractivity (Wildman–Crippen MR) is 70.5 cm³/mol. The van der Waals surface area contributed by atoms with E-state index < -0.39 is 12.1 Å². The normalized spacial score (nSPS) is 13.7. The summed E-state index contributed by atoms with van der Waals surface area (Å²) in [4.78, 5) is 22.5. The Morgan fingerprint density at radius 3 is 2.74 bits per heavy atom. The van der Waals surface area contributed by atoms with Gasteiger partial charge < -0.3 is 9.84 Å². The molecule has 0 unspecified atom stereocenters. The second kappa shape index (κ2) is 5.56. The molecule has 1 aromatic rings. The van der Waals surface area contributed by atoms with E-state index in [4.69, 9.17) is 9.84 Å². The summed E-state index contributed by atoms with van der Waals surface area (Å²) in [5, 5.41) is 11.6. The minimum atomic E-state index is -1.01. The van der Waals surface area contributed by atoms with E-state index in [9.17, 15) is 9.59 Å². The number of hydrogen-bond acceptors (Lipinski definition) is 3. The monoisotopic (exact) mass is 261 g/mol. The molecule has 1 aliphatic carbocycles. The van der Waals surface area contributed by atoms with Crippen LogP contribution in [-0.2, 0) is 4.74 Å². The van der Waals surface area contributed by atoms with Crippen LogP contribution in [0.5, 0.6) is 0 Å². The molecule has 0 saturated heterocycles. The molecule has 19 heavy (non-hydrogen) atoms. The van der Waals surface area contributed by atoms with Gasteiger partial charge >= 0.3 is 12.1 Å². The fraction of sp³-hybridized carbons (Fsp3) is 0.286. The van der Waals surface area contributed by atoms with Crippen LogP contribution in [0.2, 0.25) is 0 Å². The molecule has 2 rings (SSSR count). The van der Waals surface area contributed by atoms with Crippen LogP contribution in [-0.4, -0.2) is 23.8 Å². The first kappa shape index (κ1) is 13.1. The fourth-order valence-corrected chi connectivity index (χ4v) is 1.79. The summed E-state index contributed by atoms with van der Waals surface area (Å²) in [6, 6.07) is 4.86. The Bertz CT molecular complexity index is 520. The van der Waals surface area contributed by atoms with Crippen molar-refractivity contribution in [3.05, 3.63) is 42.0 Å². The first-order valence-corrected chi connectivity index (χ1v) is 6.03. The van der Waals surface area contributed by atoms with E-state index in [1.165, 1.54) is 12.1 Å². The first-order valence-electron chi connectivity index (χ1n) is 6.03. The zero-order valence-electron chi connectivity index (χ0n) is 10.4. The topological polar surface area (TPSA) is 75.6 Å². The summed E-state index contributed by atoms with van der Waals surface area (Å²) in [5.74, 6) is -0.603. The van der Waals surface area contributed by atoms with Gasteiger partial charge in [-0.3, -0.25) is 5.32 Å². The average molecular weight is 261 g/mol. The minimum Gasteiger partial charge on any atom is -0.478 e. The number of carbonyl (C=O) groups is 2. The molecule has 1 saturated carbocycles. The van der Waals surface area contributed by atoms with Crippen molar-refractivity contribution in [2.24, 2.45) is 0 Å². The number of hydrogen-bond donors (Lipinski definition) is 2. The van der Waals surface area contributed by atoms with Crippen molar-refractivity contribution >= 4 is 17.7 Å². The molecule has 0 atom stereocenters. The lowest BCUT2D eigenvalue weighted by molar-refractivity contribution is 0.0696. The molecule has 0 bridgehead atoms. The second-order valence-corrected chi connectivity index (χ2v) is 4.44. The van der Waals surface area contributed by atoms with E-state index in [-0.39, 0.29) is 12.2 Å². The molecule has 0 aromatic heterocycles. The van der Waals surface area contributed by atoms with Gasteiger partial charge in [-0.25, -0.2) is 9.59 Å². The van der Waals surface area contributed by atoms with Crippen molar-refractivity contribution in [1.29, 1.82) is 0 Å². The van der Waals surface area contributed by atoms with Crippen LogP contribution in [0.25, 0.3) is 0 Å². The van der Waals surface area contributed by atoms with Gasteiger partial charge in [-0.2, -0.15) is 0 Å². The Labute approximate surface area is 110 Å². The number of nitrogens with one attached hydrogen (secondary N) is 1. The Kier molecular flexibility index (Phi) is 3.85. The number of carbonyl (C=O) groups excluding carboxylic acids is 1. The lowest BCUT2D eigenvalue weighted by atomic mass is 10.1. The SMILES string of the molecule is C=CCOC(=O)Nc1cc(C(=O)O)cc(C2CC2)c1. The average Bonchev–Trinajstić information content (AvgIpc) is 3.20. The third-order valence-electron chi connectivity index (χ3n) is 2.83. The Hall–Kier alpha value is -2.30. The number of aromatic carboxylic acids is 1. The quantitative estimate of drug-likeness (QED) is 0.799. The maximum Gasteiger partial charge on any atom is 0.411 e. The van der Waals surface area contributed by atoms with E-state index >= 15 is 0 Å². The number of carboxylic acids is 1. The van der Waals surface area contributed by atoms with Gasteiger partial charge in [0.15, 0.2) is 0 Å². The molecule has 1 amide bonds. The van der Waals surface area contributed by atoms with Crippen molar-refractivity contribution in [3.8, 4) is 0 Å². The van der Waals surface area contributed by atoms with Crippen molar-refractivity contribution in [2.75, 3.05) is 11.9 Å². The molecule has 0 heterocycles. The number of amides is 1. The molecule has 100 valence electrons. The molecular weight excluding hydrogens is 246 g/mol. The van der Waals surface area contributed by atoms with Gasteiger partial charge in [0.05, 0.1) is 5.56 Å². The van der Waals surface area contributed by atoms with E-state index in [0.717, 1.165) is 18.4 Å². The summed E-state index contributed by atoms with van der Waals surface area (Å²) < 4.78 is 4.80. The zero-order chi connectivity index (χ0) is 13.8. The summed E-state index contributed by atoms with van der Waals surface area (Å²) in [7, 11) is 0. The summed E-state index contributed by atoms with van der Waals surface area (Å²) >= 11 is 0. The largest absolute Gasteiger partial charge is 0.478 e. The van der Waals surface area contributed by atoms with Crippen LogP contribution in [0.4, 0.5) is 10.5 Å². The lowest BCUT2D eigenvalue weighted by Crippen LogP contribution is -2.14. The van der Waals surface area contributed by atoms with Gasteiger partial charge in [0.25, 0.3) is 0 Å². The fourth-order valence-electron chi connectivity index (χ4n) is 1.79. The smallest absolute Gasteiger partial charge is 0.411 e. The van der Waals surface area contributed by atoms with Crippen LogP contribution >= 0.6 is 0 Å². The zero-order valence-corrected chi connectivity index (χ0v) is 10.4. The molecule has 2 N–H and O–H groups in total. The standard InChI is InChI=1S/C14H15NO4/c1-2-5-19-14(18)15-12-7-10(9-3-4-9)6-11(8-12)13(16)17/h2,6-9H,1,3-5H2,(H,15,18)(H,16,17). The van der Waals surface area contributed by atoms with Crippen LogP contribution in [0.15, 0.2) is 30.9 Å². The highest BCUT2D eigenvalue weighted by atomic mass is 16.5. The number of benzene rings is 1. The van der Waals surface area contributed by atoms with E-state index in [1.807, 2.05) is 0 Å². The molecule has 5 heteroatoms. The number of anilines is 1. The van der Waals surface area contributed by atoms with Crippen LogP contribution in [0.1, 0.15) is 34.7 Å². The van der Waals surface area contributed by atoms with Crippen molar-refractivity contribution in [2.45, 2.75) is 18.8 Å². The van der Waals surface area contributed by atoms with Gasteiger partial charge in [0.1, 0.15) is 6.61 Å². The molecule has 0 radical (unpaired) electrons. The number of carboxylic acid groups (broad SMARTS) is 1. The third-order valence-corrected chi connectivity index (χ3v) is 2.83. The predicted octanol–water partition coefficient (Wildman–Crippen LogP) is 3.00. The molecule has 0 aliphatic heterocycles. The van der Waals surface area contributed by atoms with E-state index in [1.54, 1.807) is 12.1 Å². The van der Waals surface area contributed by atoms with E-state index in [0.29, 0.717) is 11.6 Å². The maximum absolute atomic E-state index is 11.4. The summed E-state index contributed by atoms with van der Waals surface area (Å²) in [6.07, 6.45) is 2.96. The molecule has 0 spiro atoms. The van der Waals surface area contributed by atoms with Gasteiger partial charge in [0.2, 0.25) is 0 Å². The highest BCUT2D eigenvalue weighted by Gasteiger charge is 2.25. The maximum atomic E-state index is 11.4. The van der Waals surface area contributed by atoms with Gasteiger partial charge in [-0.15, -0.1) is 0 Å². The Morgan fingerprint density at radius 1 is 1.42 bits per heavy atom.